The Hall–Kier alpha value is -1.39. The molecule has 2 aliphatic heterocycles. The van der Waals surface area contributed by atoms with Crippen molar-refractivity contribution < 1.29 is 14.4 Å². The minimum atomic E-state index is -0.139. The molecule has 4 heteroatoms. The molecule has 2 heterocycles. The summed E-state index contributed by atoms with van der Waals surface area (Å²) in [5.74, 6) is 0.240. The highest BCUT2D eigenvalue weighted by Gasteiger charge is 2.51. The fraction of sp³-hybridized carbons (Fsp3) is 0.533. The van der Waals surface area contributed by atoms with Gasteiger partial charge in [0.2, 0.25) is 0 Å². The van der Waals surface area contributed by atoms with E-state index < -0.39 is 0 Å². The second-order valence-corrected chi connectivity index (χ2v) is 5.60. The van der Waals surface area contributed by atoms with E-state index in [0.29, 0.717) is 12.3 Å². The van der Waals surface area contributed by atoms with Gasteiger partial charge in [0.05, 0.1) is 12.5 Å². The van der Waals surface area contributed by atoms with Crippen LogP contribution in [0, 0.1) is 5.92 Å². The fourth-order valence-corrected chi connectivity index (χ4v) is 2.97. The lowest BCUT2D eigenvalue weighted by Crippen LogP contribution is -2.39. The van der Waals surface area contributed by atoms with Crippen LogP contribution in [0.2, 0.25) is 0 Å². The number of hydrogen-bond acceptors (Lipinski definition) is 4. The van der Waals surface area contributed by atoms with Gasteiger partial charge in [0.1, 0.15) is 12.2 Å². The first-order valence-corrected chi connectivity index (χ1v) is 6.82. The van der Waals surface area contributed by atoms with Crippen LogP contribution in [0.25, 0.3) is 0 Å². The molecule has 0 saturated carbocycles. The van der Waals surface area contributed by atoms with Crippen LogP contribution in [0.4, 0.5) is 0 Å². The Morgan fingerprint density at radius 3 is 2.74 bits per heavy atom. The molecule has 0 aliphatic carbocycles. The number of carbonyl (C=O) groups excluding carboxylic acids is 1. The topological polar surface area (TPSA) is 38.8 Å². The predicted octanol–water partition coefficient (Wildman–Crippen LogP) is 2.14. The van der Waals surface area contributed by atoms with Crippen LogP contribution in [0.5, 0.6) is 0 Å². The first kappa shape index (κ1) is 12.6. The number of hydrogen-bond donors (Lipinski definition) is 0. The molecule has 1 aromatic rings. The minimum Gasteiger partial charge on any atom is -0.458 e. The van der Waals surface area contributed by atoms with Gasteiger partial charge < -0.3 is 4.74 Å². The molecule has 0 radical (unpaired) electrons. The zero-order valence-electron chi connectivity index (χ0n) is 11.3. The van der Waals surface area contributed by atoms with Crippen LogP contribution in [-0.2, 0) is 20.9 Å². The average molecular weight is 261 g/mol. The molecule has 2 fully saturated rings. The Balaban J connectivity index is 1.77. The van der Waals surface area contributed by atoms with E-state index in [1.807, 2.05) is 23.3 Å². The second kappa shape index (κ2) is 4.94. The van der Waals surface area contributed by atoms with Gasteiger partial charge >= 0.3 is 5.97 Å². The number of esters is 1. The number of nitrogens with zero attached hydrogens (tertiary/aromatic N) is 1. The molecule has 0 N–H and O–H groups in total. The van der Waals surface area contributed by atoms with E-state index in [9.17, 15) is 4.79 Å². The zero-order valence-corrected chi connectivity index (χ0v) is 11.3. The van der Waals surface area contributed by atoms with Crippen molar-refractivity contribution >= 4 is 5.97 Å². The maximum Gasteiger partial charge on any atom is 0.309 e. The summed E-state index contributed by atoms with van der Waals surface area (Å²) in [5, 5.41) is 1.99. The van der Waals surface area contributed by atoms with E-state index in [1.165, 1.54) is 5.56 Å². The van der Waals surface area contributed by atoms with E-state index in [-0.39, 0.29) is 24.2 Å². The Kier molecular flexibility index (Phi) is 3.29. The van der Waals surface area contributed by atoms with E-state index in [0.717, 1.165) is 6.54 Å². The third-order valence-electron chi connectivity index (χ3n) is 3.81. The summed E-state index contributed by atoms with van der Waals surface area (Å²) in [6.45, 7) is 5.01. The van der Waals surface area contributed by atoms with Crippen LogP contribution in [0.15, 0.2) is 30.3 Å². The Labute approximate surface area is 113 Å². The number of carbonyl (C=O) groups is 1. The van der Waals surface area contributed by atoms with E-state index in [4.69, 9.17) is 9.57 Å². The van der Waals surface area contributed by atoms with Gasteiger partial charge in [0, 0.05) is 6.54 Å². The third kappa shape index (κ3) is 2.38. The van der Waals surface area contributed by atoms with Crippen molar-refractivity contribution in [1.29, 1.82) is 0 Å². The molecule has 2 aliphatic rings. The number of ether oxygens (including phenoxy) is 1. The van der Waals surface area contributed by atoms with Crippen molar-refractivity contribution in [3.8, 4) is 0 Å². The molecule has 0 spiro atoms. The van der Waals surface area contributed by atoms with Crippen molar-refractivity contribution in [3.05, 3.63) is 35.9 Å². The molecule has 0 bridgehead atoms. The summed E-state index contributed by atoms with van der Waals surface area (Å²) in [5.41, 5.74) is 1.21. The Morgan fingerprint density at radius 2 is 2.05 bits per heavy atom. The molecule has 4 nitrogen and oxygen atoms in total. The Morgan fingerprint density at radius 1 is 1.32 bits per heavy atom. The summed E-state index contributed by atoms with van der Waals surface area (Å²) in [6, 6.07) is 10.4. The van der Waals surface area contributed by atoms with Gasteiger partial charge in [0.25, 0.3) is 0 Å². The number of hydroxylamine groups is 2. The third-order valence-corrected chi connectivity index (χ3v) is 3.81. The van der Waals surface area contributed by atoms with Crippen molar-refractivity contribution in [3.63, 3.8) is 0 Å². The van der Waals surface area contributed by atoms with E-state index in [2.05, 4.69) is 26.0 Å². The summed E-state index contributed by atoms with van der Waals surface area (Å²) < 4.78 is 5.42. The van der Waals surface area contributed by atoms with Crippen LogP contribution >= 0.6 is 0 Å². The molecular weight excluding hydrogens is 242 g/mol. The molecule has 0 amide bonds. The monoisotopic (exact) mass is 261 g/mol. The van der Waals surface area contributed by atoms with Crippen LogP contribution in [-0.4, -0.2) is 29.3 Å². The van der Waals surface area contributed by atoms with Gasteiger partial charge in [-0.25, -0.2) is 0 Å². The fourth-order valence-electron chi connectivity index (χ4n) is 2.97. The smallest absolute Gasteiger partial charge is 0.309 e. The van der Waals surface area contributed by atoms with Crippen LogP contribution in [0.1, 0.15) is 25.8 Å². The molecule has 0 unspecified atom stereocenters. The molecule has 19 heavy (non-hydrogen) atoms. The largest absolute Gasteiger partial charge is 0.458 e. The first-order valence-electron chi connectivity index (χ1n) is 6.82. The van der Waals surface area contributed by atoms with E-state index >= 15 is 0 Å². The average Bonchev–Trinajstić information content (AvgIpc) is 2.85. The molecule has 3 atom stereocenters. The number of benzene rings is 1. The summed E-state index contributed by atoms with van der Waals surface area (Å²) >= 11 is 0. The lowest BCUT2D eigenvalue weighted by Gasteiger charge is -2.27. The van der Waals surface area contributed by atoms with Crippen LogP contribution < -0.4 is 0 Å². The summed E-state index contributed by atoms with van der Waals surface area (Å²) in [4.78, 5) is 17.3. The molecular formula is C15H19NO3. The summed E-state index contributed by atoms with van der Waals surface area (Å²) in [7, 11) is 0. The van der Waals surface area contributed by atoms with Crippen molar-refractivity contribution in [2.45, 2.75) is 45.1 Å². The lowest BCUT2D eigenvalue weighted by molar-refractivity contribution is -0.179. The lowest BCUT2D eigenvalue weighted by atomic mass is 9.96. The number of fused-ring (bicyclic) bond motifs is 1. The second-order valence-electron chi connectivity index (χ2n) is 5.60. The van der Waals surface area contributed by atoms with Gasteiger partial charge in [-0.15, -0.1) is 0 Å². The molecule has 0 aromatic heterocycles. The van der Waals surface area contributed by atoms with Gasteiger partial charge in [-0.3, -0.25) is 9.63 Å². The molecule has 102 valence electrons. The molecule has 1 aromatic carbocycles. The maximum absolute atomic E-state index is 11.4. The van der Waals surface area contributed by atoms with Gasteiger partial charge in [-0.05, 0) is 11.5 Å². The first-order chi connectivity index (χ1) is 9.15. The Bertz CT molecular complexity index is 460. The van der Waals surface area contributed by atoms with Crippen LogP contribution in [0.3, 0.4) is 0 Å². The number of rotatable bonds is 3. The minimum absolute atomic E-state index is 0.108. The normalized spacial score (nSPS) is 30.7. The zero-order chi connectivity index (χ0) is 13.4. The van der Waals surface area contributed by atoms with E-state index in [1.54, 1.807) is 0 Å². The maximum atomic E-state index is 11.4. The highest BCUT2D eigenvalue weighted by atomic mass is 16.7. The molecule has 3 rings (SSSR count). The summed E-state index contributed by atoms with van der Waals surface area (Å²) in [6.07, 6.45) is 0.152. The standard InChI is InChI=1S/C15H19NO3/c1-10(2)14-15-12(8-13(17)18-15)19-16(14)9-11-6-4-3-5-7-11/h3-7,10,12,14-15H,8-9H2,1-2H3/t12-,14-,15+/m1/s1. The van der Waals surface area contributed by atoms with Crippen molar-refractivity contribution in [1.82, 2.24) is 5.06 Å². The van der Waals surface area contributed by atoms with Gasteiger partial charge in [-0.2, -0.15) is 5.06 Å². The predicted molar refractivity (Wildman–Crippen MR) is 70.0 cm³/mol. The van der Waals surface area contributed by atoms with Crippen molar-refractivity contribution in [2.24, 2.45) is 5.92 Å². The highest BCUT2D eigenvalue weighted by Crippen LogP contribution is 2.36. The van der Waals surface area contributed by atoms with Crippen molar-refractivity contribution in [2.75, 3.05) is 0 Å². The molecule has 2 saturated heterocycles. The van der Waals surface area contributed by atoms with Gasteiger partial charge in [-0.1, -0.05) is 44.2 Å². The highest BCUT2D eigenvalue weighted by molar-refractivity contribution is 5.72. The quantitative estimate of drug-likeness (QED) is 0.781. The SMILES string of the molecule is CC(C)[C@@H]1[C@H]2OC(=O)C[C@H]2ON1Cc1ccccc1. The van der Waals surface area contributed by atoms with Gasteiger partial charge in [0.15, 0.2) is 0 Å².